The fourth-order valence-corrected chi connectivity index (χ4v) is 3.38. The highest BCUT2D eigenvalue weighted by Crippen LogP contribution is 2.32. The molecule has 0 fully saturated rings. The number of benzene rings is 1. The molecule has 3 rings (SSSR count). The number of hydrogen-bond donors (Lipinski definition) is 3. The van der Waals surface area contributed by atoms with Gasteiger partial charge in [0.25, 0.3) is 0 Å². The lowest BCUT2D eigenvalue weighted by Crippen LogP contribution is -2.37. The summed E-state index contributed by atoms with van der Waals surface area (Å²) < 4.78 is 43.4. The predicted molar refractivity (Wildman–Crippen MR) is 100 cm³/mol. The minimum atomic E-state index is -4.57. The zero-order chi connectivity index (χ0) is 21.0. The Balaban J connectivity index is 1.54. The smallest absolute Gasteiger partial charge is 0.416 e. The third kappa shape index (κ3) is 5.24. The SMILES string of the molecule is O=C(NCC(O)c1ccc(-c2ccco2)s1)C(=O)Nc1cccc(C(F)(F)F)c1. The van der Waals surface area contributed by atoms with Crippen molar-refractivity contribution in [3.05, 3.63) is 65.2 Å². The second-order valence-electron chi connectivity index (χ2n) is 5.94. The van der Waals surface area contributed by atoms with Gasteiger partial charge in [-0.05, 0) is 42.5 Å². The second-order valence-corrected chi connectivity index (χ2v) is 7.05. The van der Waals surface area contributed by atoms with Crippen LogP contribution in [0.4, 0.5) is 18.9 Å². The van der Waals surface area contributed by atoms with Crippen molar-refractivity contribution in [1.82, 2.24) is 5.32 Å². The van der Waals surface area contributed by atoms with E-state index >= 15 is 0 Å². The van der Waals surface area contributed by atoms with Gasteiger partial charge in [0.2, 0.25) is 0 Å². The van der Waals surface area contributed by atoms with Gasteiger partial charge in [-0.3, -0.25) is 9.59 Å². The fraction of sp³-hybridized carbons (Fsp3) is 0.158. The largest absolute Gasteiger partial charge is 0.464 e. The Morgan fingerprint density at radius 1 is 1.10 bits per heavy atom. The molecule has 0 saturated carbocycles. The highest BCUT2D eigenvalue weighted by atomic mass is 32.1. The van der Waals surface area contributed by atoms with Crippen molar-refractivity contribution < 1.29 is 32.3 Å². The second kappa shape index (κ2) is 8.50. The molecule has 2 heterocycles. The van der Waals surface area contributed by atoms with E-state index in [0.29, 0.717) is 10.6 Å². The van der Waals surface area contributed by atoms with Gasteiger partial charge in [-0.2, -0.15) is 13.2 Å². The zero-order valence-electron chi connectivity index (χ0n) is 14.7. The minimum Gasteiger partial charge on any atom is -0.464 e. The molecule has 10 heteroatoms. The first-order chi connectivity index (χ1) is 13.7. The van der Waals surface area contributed by atoms with Crippen molar-refractivity contribution >= 4 is 28.8 Å². The van der Waals surface area contributed by atoms with Crippen LogP contribution in [0.5, 0.6) is 0 Å². The Labute approximate surface area is 167 Å². The van der Waals surface area contributed by atoms with Crippen LogP contribution < -0.4 is 10.6 Å². The molecule has 6 nitrogen and oxygen atoms in total. The van der Waals surface area contributed by atoms with E-state index in [1.165, 1.54) is 23.7 Å². The quantitative estimate of drug-likeness (QED) is 0.543. The Morgan fingerprint density at radius 2 is 1.90 bits per heavy atom. The lowest BCUT2D eigenvalue weighted by Gasteiger charge is -2.11. The molecular formula is C19H15F3N2O4S. The molecule has 0 aliphatic carbocycles. The van der Waals surface area contributed by atoms with Crippen LogP contribution in [-0.4, -0.2) is 23.5 Å². The van der Waals surface area contributed by atoms with E-state index in [9.17, 15) is 27.9 Å². The molecule has 3 aromatic rings. The number of alkyl halides is 3. The van der Waals surface area contributed by atoms with Gasteiger partial charge in [0.05, 0.1) is 16.7 Å². The van der Waals surface area contributed by atoms with Crippen LogP contribution >= 0.6 is 11.3 Å². The van der Waals surface area contributed by atoms with Crippen molar-refractivity contribution in [1.29, 1.82) is 0 Å². The molecule has 0 bridgehead atoms. The third-order valence-electron chi connectivity index (χ3n) is 3.83. The molecule has 0 saturated heterocycles. The van der Waals surface area contributed by atoms with Gasteiger partial charge >= 0.3 is 18.0 Å². The summed E-state index contributed by atoms with van der Waals surface area (Å²) in [6.07, 6.45) is -4.11. The lowest BCUT2D eigenvalue weighted by atomic mass is 10.2. The molecule has 0 spiro atoms. The molecule has 0 radical (unpaired) electrons. The maximum absolute atomic E-state index is 12.7. The first-order valence-corrected chi connectivity index (χ1v) is 9.14. The number of carbonyl (C=O) groups excluding carboxylic acids is 2. The van der Waals surface area contributed by atoms with Crippen molar-refractivity contribution in [2.75, 3.05) is 11.9 Å². The van der Waals surface area contributed by atoms with Crippen LogP contribution in [0.25, 0.3) is 10.6 Å². The number of carbonyl (C=O) groups is 2. The van der Waals surface area contributed by atoms with E-state index in [-0.39, 0.29) is 12.2 Å². The van der Waals surface area contributed by atoms with Crippen molar-refractivity contribution in [3.63, 3.8) is 0 Å². The topological polar surface area (TPSA) is 91.6 Å². The van der Waals surface area contributed by atoms with Crippen molar-refractivity contribution in [2.45, 2.75) is 12.3 Å². The monoisotopic (exact) mass is 424 g/mol. The Morgan fingerprint density at radius 3 is 2.59 bits per heavy atom. The summed E-state index contributed by atoms with van der Waals surface area (Å²) >= 11 is 1.26. The van der Waals surface area contributed by atoms with Gasteiger partial charge in [-0.25, -0.2) is 0 Å². The van der Waals surface area contributed by atoms with Gasteiger partial charge in [0.1, 0.15) is 11.9 Å². The summed E-state index contributed by atoms with van der Waals surface area (Å²) in [5, 5.41) is 14.5. The summed E-state index contributed by atoms with van der Waals surface area (Å²) in [6, 6.07) is 10.8. The standard InChI is InChI=1S/C19H15F3N2O4S/c20-19(21,22)11-3-1-4-12(9-11)24-18(27)17(26)23-10-13(25)15-6-7-16(29-15)14-5-2-8-28-14/h1-9,13,25H,10H2,(H,23,26)(H,24,27). The Bertz CT molecular complexity index is 999. The summed E-state index contributed by atoms with van der Waals surface area (Å²) in [7, 11) is 0. The van der Waals surface area contributed by atoms with E-state index in [1.807, 2.05) is 0 Å². The van der Waals surface area contributed by atoms with E-state index in [2.05, 4.69) is 10.6 Å². The van der Waals surface area contributed by atoms with Gasteiger partial charge in [-0.1, -0.05) is 6.07 Å². The zero-order valence-corrected chi connectivity index (χ0v) is 15.5. The molecule has 1 aromatic carbocycles. The number of nitrogens with one attached hydrogen (secondary N) is 2. The number of anilines is 1. The van der Waals surface area contributed by atoms with Gasteiger partial charge in [0.15, 0.2) is 0 Å². The molecular weight excluding hydrogens is 409 g/mol. The summed E-state index contributed by atoms with van der Waals surface area (Å²) in [5.74, 6) is -1.58. The molecule has 29 heavy (non-hydrogen) atoms. The Kier molecular flexibility index (Phi) is 6.04. The first-order valence-electron chi connectivity index (χ1n) is 8.32. The lowest BCUT2D eigenvalue weighted by molar-refractivity contribution is -0.137. The molecule has 152 valence electrons. The van der Waals surface area contributed by atoms with Crippen LogP contribution in [0.15, 0.2) is 59.2 Å². The van der Waals surface area contributed by atoms with Crippen LogP contribution in [0.2, 0.25) is 0 Å². The summed E-state index contributed by atoms with van der Waals surface area (Å²) in [4.78, 5) is 25.1. The average molecular weight is 424 g/mol. The number of halogens is 3. The van der Waals surface area contributed by atoms with Crippen molar-refractivity contribution in [3.8, 4) is 10.6 Å². The van der Waals surface area contributed by atoms with E-state index in [0.717, 1.165) is 23.1 Å². The molecule has 0 aliphatic heterocycles. The number of amides is 2. The first kappa shape index (κ1) is 20.6. The number of hydrogen-bond acceptors (Lipinski definition) is 5. The van der Waals surface area contributed by atoms with Gasteiger partial charge in [0, 0.05) is 17.1 Å². The van der Waals surface area contributed by atoms with Gasteiger partial charge < -0.3 is 20.2 Å². The van der Waals surface area contributed by atoms with Crippen molar-refractivity contribution in [2.24, 2.45) is 0 Å². The molecule has 2 amide bonds. The van der Waals surface area contributed by atoms with E-state index in [1.54, 1.807) is 24.3 Å². The maximum Gasteiger partial charge on any atom is 0.416 e. The number of aliphatic hydroxyl groups excluding tert-OH is 1. The highest BCUT2D eigenvalue weighted by molar-refractivity contribution is 7.15. The van der Waals surface area contributed by atoms with E-state index in [4.69, 9.17) is 4.42 Å². The molecule has 1 atom stereocenters. The number of thiophene rings is 1. The average Bonchev–Trinajstić information content (AvgIpc) is 3.36. The number of aliphatic hydroxyl groups is 1. The van der Waals surface area contributed by atoms with Crippen LogP contribution in [0.3, 0.4) is 0 Å². The molecule has 1 unspecified atom stereocenters. The van der Waals surface area contributed by atoms with Crippen LogP contribution in [-0.2, 0) is 15.8 Å². The highest BCUT2D eigenvalue weighted by Gasteiger charge is 2.30. The summed E-state index contributed by atoms with van der Waals surface area (Å²) in [5.41, 5.74) is -1.11. The fourth-order valence-electron chi connectivity index (χ4n) is 2.41. The number of rotatable bonds is 5. The van der Waals surface area contributed by atoms with Crippen LogP contribution in [0.1, 0.15) is 16.5 Å². The van der Waals surface area contributed by atoms with Crippen LogP contribution in [0, 0.1) is 0 Å². The molecule has 3 N–H and O–H groups in total. The third-order valence-corrected chi connectivity index (χ3v) is 5.03. The Hall–Kier alpha value is -3.11. The molecule has 2 aromatic heterocycles. The van der Waals surface area contributed by atoms with E-state index < -0.39 is 29.7 Å². The predicted octanol–water partition coefficient (Wildman–Crippen LogP) is 3.82. The minimum absolute atomic E-state index is 0.165. The molecule has 0 aliphatic rings. The normalized spacial score (nSPS) is 12.4. The summed E-state index contributed by atoms with van der Waals surface area (Å²) in [6.45, 7) is -0.243. The van der Waals surface area contributed by atoms with Gasteiger partial charge in [-0.15, -0.1) is 11.3 Å². The maximum atomic E-state index is 12.7. The number of furan rings is 1.